The lowest BCUT2D eigenvalue weighted by molar-refractivity contribution is -0.134. The Hall–Kier alpha value is -1.55. The van der Waals surface area contributed by atoms with Crippen LogP contribution >= 0.6 is 0 Å². The van der Waals surface area contributed by atoms with Crippen LogP contribution in [0.25, 0.3) is 0 Å². The van der Waals surface area contributed by atoms with Crippen molar-refractivity contribution in [1.29, 1.82) is 0 Å². The molecule has 2 N–H and O–H groups in total. The molecule has 21 heavy (non-hydrogen) atoms. The van der Waals surface area contributed by atoms with Crippen LogP contribution in [0.2, 0.25) is 0 Å². The quantitative estimate of drug-likeness (QED) is 0.907. The molecule has 1 aromatic rings. The molecule has 0 aliphatic carbocycles. The maximum absolute atomic E-state index is 12.7. The maximum Gasteiger partial charge on any atom is 0.240 e. The molecule has 0 bridgehead atoms. The Morgan fingerprint density at radius 2 is 2.29 bits per heavy atom. The van der Waals surface area contributed by atoms with Gasteiger partial charge in [-0.3, -0.25) is 4.79 Å². The number of methoxy groups -OCH3 is 1. The Bertz CT molecular complexity index is 489. The molecule has 1 aromatic carbocycles. The van der Waals surface area contributed by atoms with Crippen LogP contribution in [0, 0.1) is 5.92 Å². The van der Waals surface area contributed by atoms with E-state index in [0.717, 1.165) is 37.1 Å². The number of hydrogen-bond donors (Lipinski definition) is 1. The fourth-order valence-electron chi connectivity index (χ4n) is 2.91. The van der Waals surface area contributed by atoms with Gasteiger partial charge in [0.25, 0.3) is 0 Å². The minimum atomic E-state index is -0.402. The highest BCUT2D eigenvalue weighted by Gasteiger charge is 2.34. The van der Waals surface area contributed by atoms with E-state index in [1.807, 2.05) is 30.0 Å². The summed E-state index contributed by atoms with van der Waals surface area (Å²) in [5.41, 5.74) is 7.27. The molecule has 2 unspecified atom stereocenters. The van der Waals surface area contributed by atoms with Crippen molar-refractivity contribution in [3.8, 4) is 5.75 Å². The number of carbonyl (C=O) groups excluding carboxylic acids is 1. The molecule has 0 saturated carbocycles. The van der Waals surface area contributed by atoms with Crippen LogP contribution in [0.1, 0.15) is 44.7 Å². The van der Waals surface area contributed by atoms with E-state index in [1.165, 1.54) is 0 Å². The molecular formula is C17H26N2O2. The molecule has 1 aliphatic rings. The van der Waals surface area contributed by atoms with Crippen LogP contribution < -0.4 is 10.5 Å². The van der Waals surface area contributed by atoms with Gasteiger partial charge in [-0.25, -0.2) is 0 Å². The second-order valence-corrected chi connectivity index (χ2v) is 5.88. The van der Waals surface area contributed by atoms with Crippen molar-refractivity contribution in [2.45, 2.75) is 45.2 Å². The second-order valence-electron chi connectivity index (χ2n) is 5.88. The first-order valence-electron chi connectivity index (χ1n) is 7.78. The lowest BCUT2D eigenvalue weighted by Gasteiger charge is -2.30. The number of carbonyl (C=O) groups is 1. The van der Waals surface area contributed by atoms with Crippen LogP contribution in [0.5, 0.6) is 5.75 Å². The van der Waals surface area contributed by atoms with E-state index in [1.54, 1.807) is 7.11 Å². The first kappa shape index (κ1) is 15.8. The average molecular weight is 290 g/mol. The largest absolute Gasteiger partial charge is 0.497 e. The van der Waals surface area contributed by atoms with E-state index >= 15 is 0 Å². The fraction of sp³-hybridized carbons (Fsp3) is 0.588. The van der Waals surface area contributed by atoms with Crippen molar-refractivity contribution in [2.24, 2.45) is 11.7 Å². The van der Waals surface area contributed by atoms with Crippen molar-refractivity contribution >= 4 is 5.91 Å². The summed E-state index contributed by atoms with van der Waals surface area (Å²) in [6.45, 7) is 4.91. The Balaban J connectivity index is 2.18. The van der Waals surface area contributed by atoms with Crippen molar-refractivity contribution in [2.75, 3.05) is 13.7 Å². The normalized spacial score (nSPS) is 21.1. The van der Waals surface area contributed by atoms with Gasteiger partial charge in [0.05, 0.1) is 19.2 Å². The predicted octanol–water partition coefficient (Wildman–Crippen LogP) is 2.73. The van der Waals surface area contributed by atoms with Gasteiger partial charge in [-0.1, -0.05) is 32.4 Å². The Labute approximate surface area is 127 Å². The van der Waals surface area contributed by atoms with E-state index in [-0.39, 0.29) is 17.9 Å². The minimum Gasteiger partial charge on any atom is -0.497 e. The van der Waals surface area contributed by atoms with Crippen LogP contribution in [-0.4, -0.2) is 30.5 Å². The molecule has 0 aromatic heterocycles. The van der Waals surface area contributed by atoms with Crippen LogP contribution in [0.4, 0.5) is 0 Å². The topological polar surface area (TPSA) is 55.6 Å². The molecule has 2 rings (SSSR count). The molecule has 1 fully saturated rings. The zero-order valence-corrected chi connectivity index (χ0v) is 13.2. The van der Waals surface area contributed by atoms with Crippen LogP contribution in [-0.2, 0) is 4.79 Å². The number of benzene rings is 1. The van der Waals surface area contributed by atoms with Crippen molar-refractivity contribution in [3.63, 3.8) is 0 Å². The first-order valence-corrected chi connectivity index (χ1v) is 7.78. The second kappa shape index (κ2) is 6.94. The summed E-state index contributed by atoms with van der Waals surface area (Å²) in [5.74, 6) is 1.12. The van der Waals surface area contributed by atoms with Gasteiger partial charge in [0.1, 0.15) is 5.75 Å². The number of nitrogens with zero attached hydrogens (tertiary/aromatic N) is 1. The summed E-state index contributed by atoms with van der Waals surface area (Å²) in [6, 6.07) is 7.71. The minimum absolute atomic E-state index is 0.0784. The highest BCUT2D eigenvalue weighted by molar-refractivity contribution is 5.82. The number of ether oxygens (including phenoxy) is 1. The third kappa shape index (κ3) is 3.38. The highest BCUT2D eigenvalue weighted by Crippen LogP contribution is 2.34. The summed E-state index contributed by atoms with van der Waals surface area (Å²) < 4.78 is 5.29. The molecule has 1 heterocycles. The summed E-state index contributed by atoms with van der Waals surface area (Å²) in [6.07, 6.45) is 2.94. The summed E-state index contributed by atoms with van der Waals surface area (Å²) in [7, 11) is 1.66. The average Bonchev–Trinajstić information content (AvgIpc) is 3.02. The lowest BCUT2D eigenvalue weighted by Crippen LogP contribution is -2.46. The van der Waals surface area contributed by atoms with Crippen molar-refractivity contribution < 1.29 is 9.53 Å². The standard InChI is InChI=1S/C17H26N2O2/c1-4-12(2)16(18)17(20)19-10-6-9-15(19)13-7-5-8-14(11-13)21-3/h5,7-8,11-12,15-16H,4,6,9-10,18H2,1-3H3/t12?,15?,16-/m0/s1. The Kier molecular flexibility index (Phi) is 5.23. The molecular weight excluding hydrogens is 264 g/mol. The van der Waals surface area contributed by atoms with Gasteiger partial charge in [0.15, 0.2) is 0 Å². The summed E-state index contributed by atoms with van der Waals surface area (Å²) in [4.78, 5) is 14.6. The van der Waals surface area contributed by atoms with Gasteiger partial charge in [-0.15, -0.1) is 0 Å². The molecule has 3 atom stereocenters. The van der Waals surface area contributed by atoms with E-state index in [4.69, 9.17) is 10.5 Å². The molecule has 4 heteroatoms. The third-order valence-electron chi connectivity index (χ3n) is 4.56. The number of rotatable bonds is 5. The molecule has 0 spiro atoms. The predicted molar refractivity (Wildman–Crippen MR) is 84.1 cm³/mol. The molecule has 0 radical (unpaired) electrons. The number of likely N-dealkylation sites (tertiary alicyclic amines) is 1. The summed E-state index contributed by atoms with van der Waals surface area (Å²) in [5, 5.41) is 0. The Morgan fingerprint density at radius 3 is 2.95 bits per heavy atom. The van der Waals surface area contributed by atoms with Gasteiger partial charge in [-0.05, 0) is 36.5 Å². The van der Waals surface area contributed by atoms with Crippen molar-refractivity contribution in [3.05, 3.63) is 29.8 Å². The maximum atomic E-state index is 12.7. The van der Waals surface area contributed by atoms with E-state index in [2.05, 4.69) is 13.0 Å². The zero-order valence-electron chi connectivity index (χ0n) is 13.2. The van der Waals surface area contributed by atoms with Gasteiger partial charge >= 0.3 is 0 Å². The van der Waals surface area contributed by atoms with E-state index in [0.29, 0.717) is 0 Å². The Morgan fingerprint density at radius 1 is 1.52 bits per heavy atom. The first-order chi connectivity index (χ1) is 10.1. The molecule has 1 amide bonds. The highest BCUT2D eigenvalue weighted by atomic mass is 16.5. The number of hydrogen-bond acceptors (Lipinski definition) is 3. The van der Waals surface area contributed by atoms with Gasteiger partial charge in [0, 0.05) is 6.54 Å². The van der Waals surface area contributed by atoms with Crippen LogP contribution in [0.15, 0.2) is 24.3 Å². The van der Waals surface area contributed by atoms with E-state index < -0.39 is 6.04 Å². The zero-order chi connectivity index (χ0) is 15.4. The van der Waals surface area contributed by atoms with Crippen LogP contribution in [0.3, 0.4) is 0 Å². The van der Waals surface area contributed by atoms with Gasteiger partial charge in [0.2, 0.25) is 5.91 Å². The SMILES string of the molecule is CCC(C)[C@H](N)C(=O)N1CCCC1c1cccc(OC)c1. The number of amides is 1. The monoisotopic (exact) mass is 290 g/mol. The van der Waals surface area contributed by atoms with E-state index in [9.17, 15) is 4.79 Å². The van der Waals surface area contributed by atoms with Crippen molar-refractivity contribution in [1.82, 2.24) is 4.90 Å². The molecule has 116 valence electrons. The molecule has 1 aliphatic heterocycles. The lowest BCUT2D eigenvalue weighted by atomic mass is 9.97. The smallest absolute Gasteiger partial charge is 0.240 e. The summed E-state index contributed by atoms with van der Waals surface area (Å²) >= 11 is 0. The molecule has 4 nitrogen and oxygen atoms in total. The molecule has 1 saturated heterocycles. The van der Waals surface area contributed by atoms with Gasteiger partial charge < -0.3 is 15.4 Å². The van der Waals surface area contributed by atoms with Gasteiger partial charge in [-0.2, -0.15) is 0 Å². The fourth-order valence-corrected chi connectivity index (χ4v) is 2.91. The third-order valence-corrected chi connectivity index (χ3v) is 4.56. The number of nitrogens with two attached hydrogens (primary N) is 1.